The Hall–Kier alpha value is -3.88. The number of carbonyl (C=O) groups is 1. The first-order chi connectivity index (χ1) is 14.5. The fraction of sp³-hybridized carbons (Fsp3) is 0.238. The first kappa shape index (κ1) is 20.8. The molecule has 154 valence electrons. The number of nitrogens with one attached hydrogen (secondary N) is 2. The molecule has 1 aromatic carbocycles. The number of H-pyrrole nitrogens is 1. The molecule has 0 aliphatic carbocycles. The molecule has 9 heteroatoms. The highest BCUT2D eigenvalue weighted by molar-refractivity contribution is 5.85. The summed E-state index contributed by atoms with van der Waals surface area (Å²) in [5.41, 5.74) is 5.06. The number of carboxylic acid groups (broad SMARTS) is 1. The zero-order valence-corrected chi connectivity index (χ0v) is 17.0. The summed E-state index contributed by atoms with van der Waals surface area (Å²) in [6.45, 7) is 6.56. The third kappa shape index (κ3) is 4.93. The number of anilines is 1. The van der Waals surface area contributed by atoms with Crippen LogP contribution in [0.2, 0.25) is 0 Å². The maximum atomic E-state index is 8.36. The van der Waals surface area contributed by atoms with Crippen LogP contribution in [0.25, 0.3) is 22.2 Å². The molecule has 0 spiro atoms. The van der Waals surface area contributed by atoms with E-state index in [9.17, 15) is 0 Å². The maximum Gasteiger partial charge on any atom is 0.290 e. The Morgan fingerprint density at radius 3 is 2.50 bits per heavy atom. The lowest BCUT2D eigenvalue weighted by Crippen LogP contribution is -2.01. The van der Waals surface area contributed by atoms with E-state index in [1.807, 2.05) is 13.8 Å². The number of fused-ring (bicyclic) bond motifs is 1. The molecule has 0 bridgehead atoms. The van der Waals surface area contributed by atoms with Crippen molar-refractivity contribution in [2.24, 2.45) is 0 Å². The van der Waals surface area contributed by atoms with E-state index in [1.165, 1.54) is 5.56 Å². The third-order valence-electron chi connectivity index (χ3n) is 4.37. The van der Waals surface area contributed by atoms with E-state index in [0.717, 1.165) is 45.9 Å². The highest BCUT2D eigenvalue weighted by atomic mass is 16.3. The van der Waals surface area contributed by atoms with E-state index in [1.54, 1.807) is 12.4 Å². The van der Waals surface area contributed by atoms with Crippen LogP contribution in [0, 0.1) is 13.8 Å². The topological polar surface area (TPSA) is 130 Å². The summed E-state index contributed by atoms with van der Waals surface area (Å²) in [5, 5.41) is 18.2. The quantitative estimate of drug-likeness (QED) is 0.432. The SMILES string of the molecule is CCNc1ncc(-c2cc(C)c3cc(Cc4n[nH]c(C)n4)ccc3n2)cn1.O=CO. The fourth-order valence-electron chi connectivity index (χ4n) is 3.06. The number of aryl methyl sites for hydroxylation is 2. The summed E-state index contributed by atoms with van der Waals surface area (Å²) in [7, 11) is 0. The molecule has 0 aliphatic heterocycles. The Morgan fingerprint density at radius 2 is 1.87 bits per heavy atom. The van der Waals surface area contributed by atoms with Crippen LogP contribution in [-0.4, -0.2) is 48.3 Å². The smallest absolute Gasteiger partial charge is 0.290 e. The standard InChI is InChI=1S/C20H21N7.CH2O2/c1-4-21-20-22-10-15(11-23-20)18-7-12(2)16-8-14(5-6-17(16)25-18)9-19-24-13(3)26-27-19;2-1-3/h5-8,10-11H,4,9H2,1-3H3,(H,21,22,23)(H,24,26,27);1H,(H,2,3). The van der Waals surface area contributed by atoms with Crippen molar-refractivity contribution < 1.29 is 9.90 Å². The van der Waals surface area contributed by atoms with Gasteiger partial charge in [0.15, 0.2) is 5.82 Å². The van der Waals surface area contributed by atoms with Gasteiger partial charge in [-0.05, 0) is 50.1 Å². The van der Waals surface area contributed by atoms with Gasteiger partial charge in [-0.15, -0.1) is 0 Å². The number of aromatic amines is 1. The third-order valence-corrected chi connectivity index (χ3v) is 4.37. The molecule has 30 heavy (non-hydrogen) atoms. The molecule has 0 radical (unpaired) electrons. The molecule has 4 aromatic rings. The summed E-state index contributed by atoms with van der Waals surface area (Å²) >= 11 is 0. The van der Waals surface area contributed by atoms with Crippen LogP contribution in [-0.2, 0) is 11.2 Å². The predicted octanol–water partition coefficient (Wildman–Crippen LogP) is 3.15. The molecular formula is C21H23N7O2. The zero-order chi connectivity index (χ0) is 21.5. The zero-order valence-electron chi connectivity index (χ0n) is 17.0. The van der Waals surface area contributed by atoms with E-state index >= 15 is 0 Å². The Labute approximate surface area is 173 Å². The molecule has 3 heterocycles. The van der Waals surface area contributed by atoms with Gasteiger partial charge in [0.25, 0.3) is 6.47 Å². The summed E-state index contributed by atoms with van der Waals surface area (Å²) in [5.74, 6) is 2.26. The normalized spacial score (nSPS) is 10.4. The second-order valence-electron chi connectivity index (χ2n) is 6.62. The molecule has 0 aliphatic rings. The molecule has 9 nitrogen and oxygen atoms in total. The van der Waals surface area contributed by atoms with E-state index in [4.69, 9.17) is 14.9 Å². The van der Waals surface area contributed by atoms with E-state index in [2.05, 4.69) is 61.7 Å². The number of rotatable bonds is 5. The van der Waals surface area contributed by atoms with Crippen molar-refractivity contribution in [1.29, 1.82) is 0 Å². The monoisotopic (exact) mass is 405 g/mol. The fourth-order valence-corrected chi connectivity index (χ4v) is 3.06. The molecule has 0 unspecified atom stereocenters. The van der Waals surface area contributed by atoms with E-state index in [0.29, 0.717) is 12.4 Å². The van der Waals surface area contributed by atoms with E-state index < -0.39 is 0 Å². The largest absolute Gasteiger partial charge is 0.483 e. The van der Waals surface area contributed by atoms with Gasteiger partial charge < -0.3 is 10.4 Å². The van der Waals surface area contributed by atoms with Crippen molar-refractivity contribution in [2.45, 2.75) is 27.2 Å². The van der Waals surface area contributed by atoms with Gasteiger partial charge in [-0.2, -0.15) is 5.10 Å². The van der Waals surface area contributed by atoms with Gasteiger partial charge in [-0.1, -0.05) is 6.07 Å². The Kier molecular flexibility index (Phi) is 6.63. The average molecular weight is 405 g/mol. The summed E-state index contributed by atoms with van der Waals surface area (Å²) in [4.78, 5) is 26.2. The van der Waals surface area contributed by atoms with Gasteiger partial charge in [0.05, 0.1) is 11.2 Å². The molecule has 0 amide bonds. The van der Waals surface area contributed by atoms with Crippen LogP contribution in [0.15, 0.2) is 36.7 Å². The lowest BCUT2D eigenvalue weighted by Gasteiger charge is -2.09. The van der Waals surface area contributed by atoms with Crippen LogP contribution in [0.5, 0.6) is 0 Å². The molecular weight excluding hydrogens is 382 g/mol. The van der Waals surface area contributed by atoms with Crippen molar-refractivity contribution in [3.8, 4) is 11.3 Å². The van der Waals surface area contributed by atoms with Crippen molar-refractivity contribution in [2.75, 3.05) is 11.9 Å². The van der Waals surface area contributed by atoms with Gasteiger partial charge >= 0.3 is 0 Å². The lowest BCUT2D eigenvalue weighted by atomic mass is 10.0. The second-order valence-corrected chi connectivity index (χ2v) is 6.62. The van der Waals surface area contributed by atoms with Gasteiger partial charge in [0.2, 0.25) is 5.95 Å². The van der Waals surface area contributed by atoms with Crippen LogP contribution < -0.4 is 5.32 Å². The molecule has 0 saturated carbocycles. The van der Waals surface area contributed by atoms with Crippen LogP contribution >= 0.6 is 0 Å². The highest BCUT2D eigenvalue weighted by Crippen LogP contribution is 2.25. The number of hydrogen-bond donors (Lipinski definition) is 3. The number of aromatic nitrogens is 6. The minimum absolute atomic E-state index is 0.250. The Balaban J connectivity index is 0.000000806. The Bertz CT molecular complexity index is 1140. The maximum absolute atomic E-state index is 8.36. The number of benzene rings is 1. The first-order valence-electron chi connectivity index (χ1n) is 9.46. The molecule has 0 atom stereocenters. The van der Waals surface area contributed by atoms with Gasteiger partial charge in [-0.25, -0.2) is 19.9 Å². The number of pyridine rings is 1. The van der Waals surface area contributed by atoms with Gasteiger partial charge in [-0.3, -0.25) is 9.89 Å². The number of hydrogen-bond acceptors (Lipinski definition) is 7. The highest BCUT2D eigenvalue weighted by Gasteiger charge is 2.09. The molecule has 0 saturated heterocycles. The second kappa shape index (κ2) is 9.55. The van der Waals surface area contributed by atoms with E-state index in [-0.39, 0.29) is 6.47 Å². The minimum Gasteiger partial charge on any atom is -0.483 e. The van der Waals surface area contributed by atoms with Crippen molar-refractivity contribution in [3.63, 3.8) is 0 Å². The van der Waals surface area contributed by atoms with Crippen LogP contribution in [0.3, 0.4) is 0 Å². The Morgan fingerprint density at radius 1 is 1.13 bits per heavy atom. The van der Waals surface area contributed by atoms with Gasteiger partial charge in [0, 0.05) is 36.3 Å². The predicted molar refractivity (Wildman–Crippen MR) is 114 cm³/mol. The van der Waals surface area contributed by atoms with Crippen LogP contribution in [0.4, 0.5) is 5.95 Å². The summed E-state index contributed by atoms with van der Waals surface area (Å²) in [6, 6.07) is 8.37. The molecule has 0 fully saturated rings. The first-order valence-corrected chi connectivity index (χ1v) is 9.46. The lowest BCUT2D eigenvalue weighted by molar-refractivity contribution is -0.122. The molecule has 3 aromatic heterocycles. The van der Waals surface area contributed by atoms with Crippen molar-refractivity contribution in [3.05, 3.63) is 59.4 Å². The molecule has 4 rings (SSSR count). The summed E-state index contributed by atoms with van der Waals surface area (Å²) < 4.78 is 0. The number of nitrogens with zero attached hydrogens (tertiary/aromatic N) is 5. The average Bonchev–Trinajstić information content (AvgIpc) is 3.14. The van der Waals surface area contributed by atoms with Crippen LogP contribution in [0.1, 0.15) is 29.7 Å². The van der Waals surface area contributed by atoms with Crippen molar-refractivity contribution in [1.82, 2.24) is 30.1 Å². The molecule has 3 N–H and O–H groups in total. The minimum atomic E-state index is -0.250. The van der Waals surface area contributed by atoms with Crippen molar-refractivity contribution >= 4 is 23.3 Å². The summed E-state index contributed by atoms with van der Waals surface area (Å²) in [6.07, 6.45) is 4.30. The van der Waals surface area contributed by atoms with Gasteiger partial charge in [0.1, 0.15) is 5.82 Å².